The number of ether oxygens (including phenoxy) is 1. The monoisotopic (exact) mass is 258 g/mol. The summed E-state index contributed by atoms with van der Waals surface area (Å²) in [5, 5.41) is 4.95. The Balaban J connectivity index is 2.18. The first-order chi connectivity index (χ1) is 8.27. The highest BCUT2D eigenvalue weighted by atomic mass is 35.5. The fraction of sp³-hybridized carbons (Fsp3) is 0.727. The Morgan fingerprint density at radius 3 is 3.00 bits per heavy atom. The number of aromatic nitrogens is 2. The fourth-order valence-electron chi connectivity index (χ4n) is 2.25. The van der Waals surface area contributed by atoms with Gasteiger partial charge in [-0.15, -0.1) is 0 Å². The number of methoxy groups -OCH3 is 1. The van der Waals surface area contributed by atoms with Crippen LogP contribution < -0.4 is 11.3 Å². The second-order valence-electron chi connectivity index (χ2n) is 4.43. The van der Waals surface area contributed by atoms with Gasteiger partial charge in [0.15, 0.2) is 0 Å². The second-order valence-corrected chi connectivity index (χ2v) is 4.84. The minimum absolute atomic E-state index is 0.0932. The van der Waals surface area contributed by atoms with E-state index in [1.165, 1.54) is 19.3 Å². The number of hydrogen-bond acceptors (Lipinski definition) is 4. The molecule has 0 saturated heterocycles. The molecule has 1 fully saturated rings. The summed E-state index contributed by atoms with van der Waals surface area (Å²) in [7, 11) is 1.68. The number of hydrazine groups is 1. The van der Waals surface area contributed by atoms with Crippen LogP contribution >= 0.6 is 11.6 Å². The van der Waals surface area contributed by atoms with Gasteiger partial charge in [-0.05, 0) is 18.8 Å². The highest BCUT2D eigenvalue weighted by Crippen LogP contribution is 2.39. The molecule has 0 bridgehead atoms. The first-order valence-corrected chi connectivity index (χ1v) is 6.32. The first-order valence-electron chi connectivity index (χ1n) is 5.94. The molecular weight excluding hydrogens is 240 g/mol. The van der Waals surface area contributed by atoms with Gasteiger partial charge in [0, 0.05) is 7.11 Å². The lowest BCUT2D eigenvalue weighted by molar-refractivity contribution is 0.176. The molecule has 1 heterocycles. The lowest BCUT2D eigenvalue weighted by Gasteiger charge is -2.33. The van der Waals surface area contributed by atoms with Gasteiger partial charge in [0.25, 0.3) is 0 Å². The maximum atomic E-state index is 6.20. The Kier molecular flexibility index (Phi) is 4.39. The smallest absolute Gasteiger partial charge is 0.0834 e. The first kappa shape index (κ1) is 12.8. The van der Waals surface area contributed by atoms with Crippen molar-refractivity contribution in [3.8, 4) is 0 Å². The van der Waals surface area contributed by atoms with Crippen molar-refractivity contribution in [3.63, 3.8) is 0 Å². The van der Waals surface area contributed by atoms with Crippen molar-refractivity contribution in [1.29, 1.82) is 0 Å². The zero-order valence-electron chi connectivity index (χ0n) is 10.0. The highest BCUT2D eigenvalue weighted by molar-refractivity contribution is 6.31. The van der Waals surface area contributed by atoms with Crippen molar-refractivity contribution in [1.82, 2.24) is 15.2 Å². The van der Waals surface area contributed by atoms with Crippen LogP contribution in [0.15, 0.2) is 6.20 Å². The maximum Gasteiger partial charge on any atom is 0.0834 e. The van der Waals surface area contributed by atoms with Crippen LogP contribution in [0.25, 0.3) is 0 Å². The Morgan fingerprint density at radius 2 is 2.47 bits per heavy atom. The molecule has 1 atom stereocenters. The van der Waals surface area contributed by atoms with Crippen molar-refractivity contribution < 1.29 is 4.74 Å². The van der Waals surface area contributed by atoms with Crippen LogP contribution in [0.3, 0.4) is 0 Å². The molecule has 0 aliphatic heterocycles. The predicted octanol–water partition coefficient (Wildman–Crippen LogP) is 1.49. The summed E-state index contributed by atoms with van der Waals surface area (Å²) in [6.07, 6.45) is 5.34. The molecular formula is C11H19ClN4O. The van der Waals surface area contributed by atoms with E-state index in [4.69, 9.17) is 22.2 Å². The van der Waals surface area contributed by atoms with E-state index in [1.54, 1.807) is 13.3 Å². The molecule has 1 aliphatic carbocycles. The molecule has 6 heteroatoms. The van der Waals surface area contributed by atoms with E-state index >= 15 is 0 Å². The van der Waals surface area contributed by atoms with Crippen LogP contribution in [0.5, 0.6) is 0 Å². The normalized spacial score (nSPS) is 18.1. The molecule has 0 aromatic carbocycles. The Bertz CT molecular complexity index is 364. The third-order valence-electron chi connectivity index (χ3n) is 3.44. The van der Waals surface area contributed by atoms with Gasteiger partial charge in [0.1, 0.15) is 0 Å². The summed E-state index contributed by atoms with van der Waals surface area (Å²) >= 11 is 6.20. The molecule has 1 aliphatic rings. The summed E-state index contributed by atoms with van der Waals surface area (Å²) in [6, 6.07) is 0.0932. The van der Waals surface area contributed by atoms with E-state index in [9.17, 15) is 0 Å². The number of rotatable bonds is 6. The average molecular weight is 259 g/mol. The minimum Gasteiger partial charge on any atom is -0.383 e. The summed E-state index contributed by atoms with van der Waals surface area (Å²) in [5.41, 5.74) is 3.86. The Morgan fingerprint density at radius 1 is 1.71 bits per heavy atom. The molecule has 1 unspecified atom stereocenters. The molecule has 5 nitrogen and oxygen atoms in total. The van der Waals surface area contributed by atoms with Gasteiger partial charge in [0.2, 0.25) is 0 Å². The van der Waals surface area contributed by atoms with Gasteiger partial charge in [-0.2, -0.15) is 5.10 Å². The molecule has 2 rings (SSSR count). The zero-order valence-corrected chi connectivity index (χ0v) is 10.8. The van der Waals surface area contributed by atoms with Gasteiger partial charge >= 0.3 is 0 Å². The van der Waals surface area contributed by atoms with Crippen LogP contribution in [0.2, 0.25) is 5.02 Å². The number of halogens is 1. The largest absolute Gasteiger partial charge is 0.383 e. The van der Waals surface area contributed by atoms with E-state index in [-0.39, 0.29) is 6.04 Å². The lowest BCUT2D eigenvalue weighted by atomic mass is 9.79. The molecule has 1 aromatic rings. The zero-order chi connectivity index (χ0) is 12.3. The predicted molar refractivity (Wildman–Crippen MR) is 66.5 cm³/mol. The lowest BCUT2D eigenvalue weighted by Crippen LogP contribution is -2.38. The molecule has 0 spiro atoms. The second kappa shape index (κ2) is 5.82. The maximum absolute atomic E-state index is 6.20. The van der Waals surface area contributed by atoms with Gasteiger partial charge in [0.05, 0.1) is 36.1 Å². The minimum atomic E-state index is 0.0932. The fourth-order valence-corrected chi connectivity index (χ4v) is 2.51. The van der Waals surface area contributed by atoms with E-state index in [2.05, 4.69) is 10.5 Å². The van der Waals surface area contributed by atoms with E-state index in [0.29, 0.717) is 24.1 Å². The van der Waals surface area contributed by atoms with Crippen molar-refractivity contribution >= 4 is 11.6 Å². The number of nitrogens with one attached hydrogen (secondary N) is 1. The van der Waals surface area contributed by atoms with Crippen molar-refractivity contribution in [3.05, 3.63) is 16.9 Å². The van der Waals surface area contributed by atoms with Crippen LogP contribution in [-0.2, 0) is 11.3 Å². The highest BCUT2D eigenvalue weighted by Gasteiger charge is 2.31. The molecule has 1 aromatic heterocycles. The number of nitrogens with two attached hydrogens (primary N) is 1. The van der Waals surface area contributed by atoms with Crippen LogP contribution in [0.4, 0.5) is 0 Å². The summed E-state index contributed by atoms with van der Waals surface area (Å²) in [4.78, 5) is 0. The Hall–Kier alpha value is -0.620. The quantitative estimate of drug-likeness (QED) is 0.599. The topological polar surface area (TPSA) is 65.1 Å². The molecule has 96 valence electrons. The molecule has 3 N–H and O–H groups in total. The molecule has 0 radical (unpaired) electrons. The number of hydrogen-bond donors (Lipinski definition) is 2. The van der Waals surface area contributed by atoms with Crippen molar-refractivity contribution in [2.45, 2.75) is 31.8 Å². The third kappa shape index (κ3) is 2.63. The third-order valence-corrected chi connectivity index (χ3v) is 3.73. The van der Waals surface area contributed by atoms with Crippen molar-refractivity contribution in [2.75, 3.05) is 13.7 Å². The van der Waals surface area contributed by atoms with Crippen LogP contribution in [-0.4, -0.2) is 23.5 Å². The molecule has 17 heavy (non-hydrogen) atoms. The summed E-state index contributed by atoms with van der Waals surface area (Å²) in [5.74, 6) is 6.23. The Labute approximate surface area is 106 Å². The summed E-state index contributed by atoms with van der Waals surface area (Å²) in [6.45, 7) is 1.32. The van der Waals surface area contributed by atoms with E-state index < -0.39 is 0 Å². The number of nitrogens with zero attached hydrogens (tertiary/aromatic N) is 2. The van der Waals surface area contributed by atoms with Gasteiger partial charge in [-0.1, -0.05) is 18.0 Å². The molecule has 1 saturated carbocycles. The standard InChI is InChI=1S/C11H19ClN4O/c1-17-6-5-16-11(9(12)7-14-16)10(15-13)8-3-2-4-8/h7-8,10,15H,2-6,13H2,1H3. The summed E-state index contributed by atoms with van der Waals surface area (Å²) < 4.78 is 6.95. The average Bonchev–Trinajstić information content (AvgIpc) is 2.62. The van der Waals surface area contributed by atoms with Gasteiger partial charge < -0.3 is 4.74 Å². The van der Waals surface area contributed by atoms with E-state index in [0.717, 1.165) is 5.69 Å². The van der Waals surface area contributed by atoms with Gasteiger partial charge in [-0.25, -0.2) is 0 Å². The molecule has 0 amide bonds. The van der Waals surface area contributed by atoms with Crippen molar-refractivity contribution in [2.24, 2.45) is 11.8 Å². The van der Waals surface area contributed by atoms with Crippen LogP contribution in [0.1, 0.15) is 31.0 Å². The SMILES string of the molecule is COCCn1ncc(Cl)c1C(NN)C1CCC1. The van der Waals surface area contributed by atoms with E-state index in [1.807, 2.05) is 4.68 Å². The van der Waals surface area contributed by atoms with Crippen LogP contribution in [0, 0.1) is 5.92 Å². The van der Waals surface area contributed by atoms with Gasteiger partial charge in [-0.3, -0.25) is 16.0 Å².